The molecule has 3 aromatic carbocycles. The van der Waals surface area contributed by atoms with Crippen molar-refractivity contribution in [2.24, 2.45) is 5.92 Å². The molecule has 0 amide bonds. The van der Waals surface area contributed by atoms with Gasteiger partial charge in [0.05, 0.1) is 42.7 Å². The lowest BCUT2D eigenvalue weighted by atomic mass is 9.36. The summed E-state index contributed by atoms with van der Waals surface area (Å²) in [5, 5.41) is 32.3. The Hall–Kier alpha value is -4.14. The molecule has 0 atom stereocenters. The normalized spacial score (nSPS) is 27.1. The largest absolute Gasteiger partial charge is 0.502 e. The van der Waals surface area contributed by atoms with Crippen LogP contribution < -0.4 is 28.4 Å². The van der Waals surface area contributed by atoms with Crippen LogP contribution >= 0.6 is 0 Å². The molecule has 0 aliphatic heterocycles. The molecule has 4 bridgehead atoms. The van der Waals surface area contributed by atoms with Gasteiger partial charge in [-0.1, -0.05) is 0 Å². The van der Waals surface area contributed by atoms with Gasteiger partial charge in [0.15, 0.2) is 34.5 Å². The molecule has 0 unspecified atom stereocenters. The van der Waals surface area contributed by atoms with Gasteiger partial charge >= 0.3 is 0 Å². The van der Waals surface area contributed by atoms with E-state index in [1.54, 1.807) is 42.7 Å². The maximum absolute atomic E-state index is 10.8. The van der Waals surface area contributed by atoms with Gasteiger partial charge in [-0.2, -0.15) is 0 Å². The lowest BCUT2D eigenvalue weighted by Gasteiger charge is -2.67. The van der Waals surface area contributed by atoms with Gasteiger partial charge in [0.25, 0.3) is 0 Å². The molecule has 230 valence electrons. The first kappa shape index (κ1) is 29.0. The van der Waals surface area contributed by atoms with Crippen LogP contribution in [0.4, 0.5) is 0 Å². The van der Waals surface area contributed by atoms with E-state index in [0.717, 1.165) is 55.2 Å². The van der Waals surface area contributed by atoms with Crippen molar-refractivity contribution in [3.8, 4) is 51.7 Å². The number of hydrogen-bond acceptors (Lipinski definition) is 9. The average Bonchev–Trinajstić information content (AvgIpc) is 3.00. The van der Waals surface area contributed by atoms with E-state index in [4.69, 9.17) is 28.4 Å². The number of methoxy groups -OCH3 is 6. The summed E-state index contributed by atoms with van der Waals surface area (Å²) in [6.45, 7) is 0. The van der Waals surface area contributed by atoms with E-state index in [1.165, 1.54) is 0 Å². The Morgan fingerprint density at radius 2 is 0.651 bits per heavy atom. The van der Waals surface area contributed by atoms with E-state index in [9.17, 15) is 15.3 Å². The van der Waals surface area contributed by atoms with Crippen molar-refractivity contribution in [2.75, 3.05) is 42.7 Å². The Kier molecular flexibility index (Phi) is 6.90. The smallest absolute Gasteiger partial charge is 0.200 e. The molecule has 7 rings (SSSR count). The minimum Gasteiger partial charge on any atom is -0.502 e. The van der Waals surface area contributed by atoms with Gasteiger partial charge < -0.3 is 43.7 Å². The third-order valence-electron chi connectivity index (χ3n) is 10.3. The Labute approximate surface area is 251 Å². The molecule has 0 spiro atoms. The second kappa shape index (κ2) is 10.2. The third-order valence-corrected chi connectivity index (χ3v) is 10.3. The molecule has 0 aromatic heterocycles. The number of aromatic hydroxyl groups is 3. The molecule has 4 fully saturated rings. The predicted octanol–water partition coefficient (Wildman–Crippen LogP) is 5.97. The summed E-state index contributed by atoms with van der Waals surface area (Å²) >= 11 is 0. The second-order valence-corrected chi connectivity index (χ2v) is 12.5. The Bertz CT molecular complexity index is 1300. The minimum absolute atomic E-state index is 0.0241. The van der Waals surface area contributed by atoms with Gasteiger partial charge in [-0.25, -0.2) is 0 Å². The maximum atomic E-state index is 10.8. The summed E-state index contributed by atoms with van der Waals surface area (Å²) in [4.78, 5) is 0. The molecule has 9 heteroatoms. The van der Waals surface area contributed by atoms with Crippen LogP contribution in [-0.4, -0.2) is 58.0 Å². The lowest BCUT2D eigenvalue weighted by molar-refractivity contribution is -0.0497. The summed E-state index contributed by atoms with van der Waals surface area (Å²) in [6.07, 6.45) is 5.39. The van der Waals surface area contributed by atoms with Crippen LogP contribution in [0.15, 0.2) is 36.4 Å². The fraction of sp³-hybridized carbons (Fsp3) is 0.471. The molecule has 4 aliphatic rings. The van der Waals surface area contributed by atoms with E-state index in [1.807, 2.05) is 36.4 Å². The molecule has 0 saturated heterocycles. The Morgan fingerprint density at radius 1 is 0.442 bits per heavy atom. The topological polar surface area (TPSA) is 116 Å². The summed E-state index contributed by atoms with van der Waals surface area (Å²) in [5.41, 5.74) is 2.24. The van der Waals surface area contributed by atoms with Crippen molar-refractivity contribution in [2.45, 2.75) is 54.8 Å². The first-order valence-electron chi connectivity index (χ1n) is 14.5. The van der Waals surface area contributed by atoms with Gasteiger partial charge in [0, 0.05) is 0 Å². The van der Waals surface area contributed by atoms with Gasteiger partial charge in [0.2, 0.25) is 17.2 Å². The lowest BCUT2D eigenvalue weighted by Crippen LogP contribution is -2.62. The SMILES string of the molecule is COc1cc(C23CC4CC(c5cc(OC)c(O)c(OC)c5)(C2)CC(c2cc(OC)c(O)c(OC)c2)(C4)C3)cc(OC)c1O. The summed E-state index contributed by atoms with van der Waals surface area (Å²) in [5.74, 6) is 2.50. The number of ether oxygens (including phenoxy) is 6. The number of benzene rings is 3. The molecule has 3 aromatic rings. The Balaban J connectivity index is 1.62. The molecule has 9 nitrogen and oxygen atoms in total. The predicted molar refractivity (Wildman–Crippen MR) is 160 cm³/mol. The standard InChI is InChI=1S/C34H40O9/c1-38-23-7-20(8-24(39-2)29(23)35)32-13-19-14-33(16-32,21-9-25(40-3)30(36)26(10-21)41-4)18-34(15-19,17-32)22-11-27(42-5)31(37)28(12-22)43-6/h7-12,19,35-37H,13-18H2,1-6H3. The summed E-state index contributed by atoms with van der Waals surface area (Å²) < 4.78 is 33.6. The fourth-order valence-corrected chi connectivity index (χ4v) is 9.00. The molecule has 3 N–H and O–H groups in total. The highest BCUT2D eigenvalue weighted by atomic mass is 16.5. The second-order valence-electron chi connectivity index (χ2n) is 12.5. The third kappa shape index (κ3) is 4.26. The van der Waals surface area contributed by atoms with Crippen molar-refractivity contribution < 1.29 is 43.7 Å². The summed E-state index contributed by atoms with van der Waals surface area (Å²) in [7, 11) is 9.28. The minimum atomic E-state index is -0.301. The zero-order valence-electron chi connectivity index (χ0n) is 25.6. The van der Waals surface area contributed by atoms with Crippen molar-refractivity contribution >= 4 is 0 Å². The molecular weight excluding hydrogens is 552 g/mol. The molecule has 4 saturated carbocycles. The number of phenolic OH excluding ortho intramolecular Hbond substituents is 3. The first-order valence-corrected chi connectivity index (χ1v) is 14.5. The van der Waals surface area contributed by atoms with E-state index < -0.39 is 0 Å². The van der Waals surface area contributed by atoms with Crippen LogP contribution in [0.25, 0.3) is 0 Å². The van der Waals surface area contributed by atoms with Crippen molar-refractivity contribution in [3.05, 3.63) is 53.1 Å². The monoisotopic (exact) mass is 592 g/mol. The van der Waals surface area contributed by atoms with Gasteiger partial charge in [-0.15, -0.1) is 0 Å². The van der Waals surface area contributed by atoms with E-state index >= 15 is 0 Å². The quantitative estimate of drug-likeness (QED) is 0.277. The highest BCUT2D eigenvalue weighted by Crippen LogP contribution is 2.72. The highest BCUT2D eigenvalue weighted by molar-refractivity contribution is 5.60. The fourth-order valence-electron chi connectivity index (χ4n) is 9.00. The molecule has 0 heterocycles. The van der Waals surface area contributed by atoms with E-state index in [-0.39, 0.29) is 33.5 Å². The Morgan fingerprint density at radius 3 is 0.837 bits per heavy atom. The maximum Gasteiger partial charge on any atom is 0.200 e. The van der Waals surface area contributed by atoms with Crippen LogP contribution in [0.5, 0.6) is 51.7 Å². The van der Waals surface area contributed by atoms with Gasteiger partial charge in [-0.05, 0) is 114 Å². The van der Waals surface area contributed by atoms with Gasteiger partial charge in [0.1, 0.15) is 0 Å². The summed E-state index contributed by atoms with van der Waals surface area (Å²) in [6, 6.07) is 11.7. The number of hydrogen-bond donors (Lipinski definition) is 3. The van der Waals surface area contributed by atoms with Crippen molar-refractivity contribution in [1.82, 2.24) is 0 Å². The highest BCUT2D eigenvalue weighted by Gasteiger charge is 2.65. The van der Waals surface area contributed by atoms with Crippen LogP contribution in [0.3, 0.4) is 0 Å². The molecule has 0 radical (unpaired) electrons. The number of rotatable bonds is 9. The van der Waals surface area contributed by atoms with Crippen LogP contribution in [0, 0.1) is 5.92 Å². The van der Waals surface area contributed by atoms with Crippen LogP contribution in [0.2, 0.25) is 0 Å². The van der Waals surface area contributed by atoms with Crippen LogP contribution in [0.1, 0.15) is 55.2 Å². The zero-order valence-corrected chi connectivity index (χ0v) is 25.6. The molecular formula is C34H40O9. The van der Waals surface area contributed by atoms with Crippen molar-refractivity contribution in [1.29, 1.82) is 0 Å². The van der Waals surface area contributed by atoms with E-state index in [0.29, 0.717) is 40.4 Å². The van der Waals surface area contributed by atoms with E-state index in [2.05, 4.69) is 0 Å². The number of phenols is 3. The first-order chi connectivity index (χ1) is 20.6. The van der Waals surface area contributed by atoms with Gasteiger partial charge in [-0.3, -0.25) is 0 Å². The molecule has 4 aliphatic carbocycles. The van der Waals surface area contributed by atoms with Crippen LogP contribution in [-0.2, 0) is 16.2 Å². The molecule has 43 heavy (non-hydrogen) atoms. The zero-order chi connectivity index (χ0) is 30.7. The average molecular weight is 593 g/mol. The van der Waals surface area contributed by atoms with Crippen molar-refractivity contribution in [3.63, 3.8) is 0 Å².